The van der Waals surface area contributed by atoms with Crippen LogP contribution in [0.5, 0.6) is 11.5 Å². The van der Waals surface area contributed by atoms with Crippen molar-refractivity contribution >= 4 is 27.4 Å². The molecule has 7 heteroatoms. The molecule has 1 aromatic heterocycles. The number of benzene rings is 1. The van der Waals surface area contributed by atoms with Gasteiger partial charge in [-0.25, -0.2) is 14.4 Å². The second kappa shape index (κ2) is 9.33. The van der Waals surface area contributed by atoms with Crippen LogP contribution in [0, 0.1) is 19.7 Å². The second-order valence-corrected chi connectivity index (χ2v) is 6.37. The van der Waals surface area contributed by atoms with Gasteiger partial charge in [-0.05, 0) is 50.6 Å². The molecule has 138 valence electrons. The van der Waals surface area contributed by atoms with Crippen molar-refractivity contribution in [1.29, 1.82) is 0 Å². The topological polar surface area (TPSA) is 56.3 Å². The maximum atomic E-state index is 14.2. The SMILES string of the molecule is CCOc1cc(C)c(Nc2ccc(Br)cc2F)ncnc(C)cc1OC. The van der Waals surface area contributed by atoms with Crippen LogP contribution in [0.2, 0.25) is 0 Å². The highest BCUT2D eigenvalue weighted by molar-refractivity contribution is 9.10. The quantitative estimate of drug-likeness (QED) is 0.712. The van der Waals surface area contributed by atoms with E-state index in [0.717, 1.165) is 5.56 Å². The Kier molecular flexibility index (Phi) is 7.15. The van der Waals surface area contributed by atoms with Crippen LogP contribution in [-0.2, 0) is 0 Å². The Morgan fingerprint density at radius 1 is 1.12 bits per heavy atom. The van der Waals surface area contributed by atoms with Gasteiger partial charge in [0.15, 0.2) is 11.5 Å². The van der Waals surface area contributed by atoms with Crippen molar-refractivity contribution < 1.29 is 13.9 Å². The maximum absolute atomic E-state index is 14.2. The molecule has 0 bridgehead atoms. The maximum Gasteiger partial charge on any atom is 0.162 e. The molecule has 1 N–H and O–H groups in total. The Morgan fingerprint density at radius 2 is 1.88 bits per heavy atom. The molecule has 0 spiro atoms. The lowest BCUT2D eigenvalue weighted by molar-refractivity contribution is 0.311. The molecule has 0 aliphatic carbocycles. The first-order chi connectivity index (χ1) is 12.4. The second-order valence-electron chi connectivity index (χ2n) is 5.45. The van der Waals surface area contributed by atoms with E-state index in [1.165, 1.54) is 12.4 Å². The molecule has 1 aromatic carbocycles. The monoisotopic (exact) mass is 421 g/mol. The number of rotatable bonds is 5. The molecule has 0 saturated carbocycles. The minimum atomic E-state index is -0.391. The van der Waals surface area contributed by atoms with Crippen LogP contribution in [0.15, 0.2) is 41.1 Å². The number of nitrogens with zero attached hydrogens (tertiary/aromatic N) is 2. The molecule has 0 unspecified atom stereocenters. The molecular formula is C19H21BrFN3O2. The summed E-state index contributed by atoms with van der Waals surface area (Å²) in [4.78, 5) is 8.58. The number of aromatic nitrogens is 2. The zero-order valence-corrected chi connectivity index (χ0v) is 16.7. The highest BCUT2D eigenvalue weighted by atomic mass is 79.9. The number of hydrogen-bond donors (Lipinski definition) is 1. The van der Waals surface area contributed by atoms with Crippen LogP contribution in [-0.4, -0.2) is 23.7 Å². The summed E-state index contributed by atoms with van der Waals surface area (Å²) in [5.41, 5.74) is 1.75. The highest BCUT2D eigenvalue weighted by Crippen LogP contribution is 2.28. The average Bonchev–Trinajstić information content (AvgIpc) is 2.59. The molecule has 0 fully saturated rings. The van der Waals surface area contributed by atoms with Gasteiger partial charge in [0.25, 0.3) is 0 Å². The molecule has 26 heavy (non-hydrogen) atoms. The fraction of sp³-hybridized carbons (Fsp3) is 0.263. The number of nitrogens with one attached hydrogen (secondary N) is 1. The number of methoxy groups -OCH3 is 1. The van der Waals surface area contributed by atoms with Crippen molar-refractivity contribution in [2.75, 3.05) is 19.0 Å². The molecule has 2 rings (SSSR count). The fourth-order valence-electron chi connectivity index (χ4n) is 2.19. The van der Waals surface area contributed by atoms with Gasteiger partial charge in [-0.3, -0.25) is 0 Å². The summed E-state index contributed by atoms with van der Waals surface area (Å²) in [6.07, 6.45) is 1.42. The van der Waals surface area contributed by atoms with Crippen LogP contribution in [0.25, 0.3) is 0 Å². The summed E-state index contributed by atoms with van der Waals surface area (Å²) in [6, 6.07) is 8.34. The van der Waals surface area contributed by atoms with E-state index >= 15 is 0 Å². The Labute approximate surface area is 161 Å². The zero-order chi connectivity index (χ0) is 19.1. The first kappa shape index (κ1) is 19.9. The highest BCUT2D eigenvalue weighted by Gasteiger charge is 2.07. The number of halogens is 2. The third kappa shape index (κ3) is 5.29. The summed E-state index contributed by atoms with van der Waals surface area (Å²) >= 11 is 3.25. The minimum Gasteiger partial charge on any atom is -0.493 e. The van der Waals surface area contributed by atoms with Gasteiger partial charge in [-0.2, -0.15) is 0 Å². The van der Waals surface area contributed by atoms with Crippen molar-refractivity contribution in [3.63, 3.8) is 0 Å². The molecule has 0 amide bonds. The molecule has 0 aliphatic heterocycles. The van der Waals surface area contributed by atoms with E-state index in [1.807, 2.05) is 20.8 Å². The van der Waals surface area contributed by atoms with Crippen molar-refractivity contribution in [2.24, 2.45) is 0 Å². The summed E-state index contributed by atoms with van der Waals surface area (Å²) in [6.45, 7) is 6.04. The average molecular weight is 422 g/mol. The predicted octanol–water partition coefficient (Wildman–Crippen LogP) is 5.27. The van der Waals surface area contributed by atoms with Gasteiger partial charge in [0.2, 0.25) is 0 Å². The van der Waals surface area contributed by atoms with Gasteiger partial charge in [-0.1, -0.05) is 15.9 Å². The Balaban J connectivity index is 2.62. The van der Waals surface area contributed by atoms with Gasteiger partial charge in [-0.15, -0.1) is 0 Å². The third-order valence-corrected chi connectivity index (χ3v) is 3.95. The van der Waals surface area contributed by atoms with Gasteiger partial charge >= 0.3 is 0 Å². The van der Waals surface area contributed by atoms with Crippen LogP contribution in [0.4, 0.5) is 15.9 Å². The van der Waals surface area contributed by atoms with Crippen LogP contribution in [0.1, 0.15) is 18.2 Å². The van der Waals surface area contributed by atoms with E-state index in [1.54, 1.807) is 31.4 Å². The lowest BCUT2D eigenvalue weighted by atomic mass is 10.2. The molecule has 1 heterocycles. The predicted molar refractivity (Wildman–Crippen MR) is 104 cm³/mol. The van der Waals surface area contributed by atoms with Gasteiger partial charge in [0.05, 0.1) is 19.4 Å². The normalized spacial score (nSPS) is 10.1. The lowest BCUT2D eigenvalue weighted by Crippen LogP contribution is -1.99. The summed E-state index contributed by atoms with van der Waals surface area (Å²) < 4.78 is 26.0. The van der Waals surface area contributed by atoms with Gasteiger partial charge < -0.3 is 14.8 Å². The van der Waals surface area contributed by atoms with Gasteiger partial charge in [0.1, 0.15) is 18.0 Å². The van der Waals surface area contributed by atoms with E-state index in [-0.39, 0.29) is 0 Å². The Hall–Kier alpha value is -2.41. The first-order valence-corrected chi connectivity index (χ1v) is 8.84. The molecule has 0 aliphatic rings. The van der Waals surface area contributed by atoms with Crippen molar-refractivity contribution in [1.82, 2.24) is 9.97 Å². The van der Waals surface area contributed by atoms with Crippen LogP contribution >= 0.6 is 15.9 Å². The van der Waals surface area contributed by atoms with Gasteiger partial charge in [0, 0.05) is 16.2 Å². The van der Waals surface area contributed by atoms with Crippen LogP contribution < -0.4 is 14.8 Å². The van der Waals surface area contributed by atoms with E-state index in [2.05, 4.69) is 31.2 Å². The molecular weight excluding hydrogens is 401 g/mol. The van der Waals surface area contributed by atoms with E-state index in [0.29, 0.717) is 39.8 Å². The zero-order valence-electron chi connectivity index (χ0n) is 15.1. The fourth-order valence-corrected chi connectivity index (χ4v) is 2.52. The molecule has 5 nitrogen and oxygen atoms in total. The number of aryl methyl sites for hydroxylation is 2. The smallest absolute Gasteiger partial charge is 0.162 e. The standard InChI is InChI=1S/C19H21BrFN3O2/c1-5-26-18-8-12(2)19(23-11-22-13(3)9-17(18)25-4)24-16-7-6-14(20)10-15(16)21/h6-11H,5H2,1-4H3,(H,22,23,24). The minimum absolute atomic E-state index is 0.311. The number of hydrogen-bond acceptors (Lipinski definition) is 5. The first-order valence-electron chi connectivity index (χ1n) is 8.05. The molecule has 0 saturated heterocycles. The largest absolute Gasteiger partial charge is 0.493 e. The van der Waals surface area contributed by atoms with Crippen molar-refractivity contribution in [3.8, 4) is 11.5 Å². The molecule has 0 atom stereocenters. The summed E-state index contributed by atoms with van der Waals surface area (Å²) in [7, 11) is 1.57. The van der Waals surface area contributed by atoms with E-state index in [9.17, 15) is 4.39 Å². The van der Waals surface area contributed by atoms with E-state index in [4.69, 9.17) is 9.47 Å². The molecule has 0 radical (unpaired) electrons. The Bertz CT molecular complexity index is 845. The Morgan fingerprint density at radius 3 is 2.54 bits per heavy atom. The lowest BCUT2D eigenvalue weighted by Gasteiger charge is -2.11. The summed E-state index contributed by atoms with van der Waals surface area (Å²) in [5.74, 6) is 1.17. The number of anilines is 2. The third-order valence-electron chi connectivity index (χ3n) is 3.46. The molecule has 2 aromatic rings. The van der Waals surface area contributed by atoms with Crippen molar-refractivity contribution in [2.45, 2.75) is 20.8 Å². The van der Waals surface area contributed by atoms with Crippen LogP contribution in [0.3, 0.4) is 0 Å². The van der Waals surface area contributed by atoms with Crippen molar-refractivity contribution in [3.05, 3.63) is 58.2 Å². The summed E-state index contributed by atoms with van der Waals surface area (Å²) in [5, 5.41) is 3.01. The number of ether oxygens (including phenoxy) is 2. The van der Waals surface area contributed by atoms with E-state index < -0.39 is 5.82 Å².